The van der Waals surface area contributed by atoms with Crippen molar-refractivity contribution in [2.24, 2.45) is 0 Å². The number of quaternary nitrogens is 1. The number of morpholine rings is 1. The van der Waals surface area contributed by atoms with E-state index >= 15 is 0 Å². The summed E-state index contributed by atoms with van der Waals surface area (Å²) < 4.78 is 5.21. The Morgan fingerprint density at radius 1 is 1.35 bits per heavy atom. The quantitative estimate of drug-likeness (QED) is 0.601. The van der Waals surface area contributed by atoms with Crippen molar-refractivity contribution < 1.29 is 26.9 Å². The largest absolute Gasteiger partial charge is 1.00 e. The van der Waals surface area contributed by atoms with Gasteiger partial charge < -0.3 is 17.1 Å². The molecule has 0 unspecified atom stereocenters. The molecule has 0 spiro atoms. The van der Waals surface area contributed by atoms with E-state index in [1.165, 1.54) is 0 Å². The Morgan fingerprint density at radius 2 is 2.06 bits per heavy atom. The van der Waals surface area contributed by atoms with E-state index in [0.717, 1.165) is 18.1 Å². The maximum absolute atomic E-state index is 11.8. The van der Waals surface area contributed by atoms with Gasteiger partial charge in [0.15, 0.2) is 0 Å². The van der Waals surface area contributed by atoms with Crippen molar-refractivity contribution in [2.75, 3.05) is 26.3 Å². The number of halogens is 2. The van der Waals surface area contributed by atoms with Gasteiger partial charge in [-0.15, -0.1) is 0 Å². The fourth-order valence-corrected chi connectivity index (χ4v) is 1.80. The van der Waals surface area contributed by atoms with E-state index in [1.54, 1.807) is 24.3 Å². The molecule has 17 heavy (non-hydrogen) atoms. The van der Waals surface area contributed by atoms with Gasteiger partial charge in [-0.25, -0.2) is 5.01 Å². The van der Waals surface area contributed by atoms with Gasteiger partial charge in [-0.05, 0) is 18.2 Å². The number of nitrogens with one attached hydrogen (secondary N) is 2. The van der Waals surface area contributed by atoms with Crippen molar-refractivity contribution in [1.29, 1.82) is 0 Å². The van der Waals surface area contributed by atoms with Crippen LogP contribution in [0.2, 0.25) is 5.02 Å². The third-order valence-electron chi connectivity index (χ3n) is 2.47. The van der Waals surface area contributed by atoms with E-state index in [9.17, 15) is 4.79 Å². The molecule has 1 aromatic carbocycles. The number of carbonyl (C=O) groups excluding carboxylic acids is 1. The Bertz CT molecular complexity index is 381. The number of rotatable bonds is 2. The lowest BCUT2D eigenvalue weighted by atomic mass is 10.2. The number of amides is 1. The van der Waals surface area contributed by atoms with Crippen LogP contribution in [0.25, 0.3) is 0 Å². The minimum absolute atomic E-state index is 0. The Hall–Kier alpha value is -0.810. The topological polar surface area (TPSA) is 42.8 Å². The smallest absolute Gasteiger partial charge is 0.295 e. The highest BCUT2D eigenvalue weighted by atomic mass is 35.5. The summed E-state index contributed by atoms with van der Waals surface area (Å²) in [6, 6.07) is 6.93. The van der Waals surface area contributed by atoms with E-state index in [-0.39, 0.29) is 18.3 Å². The molecule has 2 N–H and O–H groups in total. The predicted molar refractivity (Wildman–Crippen MR) is 60.4 cm³/mol. The van der Waals surface area contributed by atoms with Crippen molar-refractivity contribution in [1.82, 2.24) is 5.43 Å². The molecule has 1 aromatic rings. The molecule has 0 bridgehead atoms. The van der Waals surface area contributed by atoms with E-state index in [2.05, 4.69) is 5.43 Å². The lowest BCUT2D eigenvalue weighted by Crippen LogP contribution is -3.20. The molecule has 1 aliphatic heterocycles. The molecule has 1 fully saturated rings. The van der Waals surface area contributed by atoms with Gasteiger partial charge in [-0.3, -0.25) is 4.79 Å². The van der Waals surface area contributed by atoms with Gasteiger partial charge >= 0.3 is 0 Å². The Balaban J connectivity index is 0.00000144. The number of hydrogen-bond acceptors (Lipinski definition) is 2. The van der Waals surface area contributed by atoms with Crippen molar-refractivity contribution >= 4 is 17.5 Å². The monoisotopic (exact) mass is 276 g/mol. The van der Waals surface area contributed by atoms with Crippen LogP contribution < -0.4 is 22.8 Å². The summed E-state index contributed by atoms with van der Waals surface area (Å²) in [7, 11) is 0. The normalized spacial score (nSPS) is 16.1. The first-order chi connectivity index (χ1) is 7.75. The summed E-state index contributed by atoms with van der Waals surface area (Å²) in [5.41, 5.74) is 3.49. The average Bonchev–Trinajstić information content (AvgIpc) is 2.30. The number of hydrogen-bond donors (Lipinski definition) is 2. The van der Waals surface area contributed by atoms with Crippen LogP contribution in [0.3, 0.4) is 0 Å². The van der Waals surface area contributed by atoms with Crippen LogP contribution in [-0.2, 0) is 4.74 Å². The number of carbonyl (C=O) groups is 1. The molecule has 0 atom stereocenters. The summed E-state index contributed by atoms with van der Waals surface area (Å²) in [6.45, 7) is 2.97. The maximum atomic E-state index is 11.8. The Kier molecular flexibility index (Phi) is 5.71. The maximum Gasteiger partial charge on any atom is 0.295 e. The standard InChI is InChI=1S/C11H13ClN2O2.ClH/c12-10-3-1-2-9(8-10)11(15)13-14-4-6-16-7-5-14;/h1-3,8H,4-7H2,(H,13,15);1H. The SMILES string of the molecule is O=C(N[NH+]1CCOCC1)c1cccc(Cl)c1.[Cl-]. The summed E-state index contributed by atoms with van der Waals surface area (Å²) >= 11 is 5.82. The van der Waals surface area contributed by atoms with E-state index in [1.807, 2.05) is 0 Å². The second-order valence-corrected chi connectivity index (χ2v) is 4.12. The second kappa shape index (κ2) is 6.81. The van der Waals surface area contributed by atoms with Gasteiger partial charge in [0, 0.05) is 10.6 Å². The van der Waals surface area contributed by atoms with Crippen molar-refractivity contribution in [3.8, 4) is 0 Å². The third kappa shape index (κ3) is 4.16. The van der Waals surface area contributed by atoms with Crippen LogP contribution in [-0.4, -0.2) is 32.2 Å². The minimum Gasteiger partial charge on any atom is -1.00 e. The van der Waals surface area contributed by atoms with E-state index < -0.39 is 0 Å². The molecule has 4 nitrogen and oxygen atoms in total. The second-order valence-electron chi connectivity index (χ2n) is 3.68. The Labute approximate surface area is 111 Å². The fourth-order valence-electron chi connectivity index (χ4n) is 1.61. The molecule has 1 amide bonds. The van der Waals surface area contributed by atoms with E-state index in [4.69, 9.17) is 16.3 Å². The zero-order chi connectivity index (χ0) is 11.4. The van der Waals surface area contributed by atoms with Gasteiger partial charge in [0.25, 0.3) is 5.91 Å². The molecular weight excluding hydrogens is 263 g/mol. The summed E-state index contributed by atoms with van der Waals surface area (Å²) in [4.78, 5) is 11.8. The Morgan fingerprint density at radius 3 is 2.71 bits per heavy atom. The zero-order valence-corrected chi connectivity index (χ0v) is 10.7. The zero-order valence-electron chi connectivity index (χ0n) is 9.21. The summed E-state index contributed by atoms with van der Waals surface area (Å²) in [6.07, 6.45) is 0. The van der Waals surface area contributed by atoms with Crippen LogP contribution in [0.4, 0.5) is 0 Å². The summed E-state index contributed by atoms with van der Waals surface area (Å²) in [5, 5.41) is 1.61. The molecule has 0 aliphatic carbocycles. The van der Waals surface area contributed by atoms with Crippen LogP contribution in [0.15, 0.2) is 24.3 Å². The van der Waals surface area contributed by atoms with Gasteiger partial charge in [-0.2, -0.15) is 5.43 Å². The average molecular weight is 277 g/mol. The highest BCUT2D eigenvalue weighted by molar-refractivity contribution is 6.30. The van der Waals surface area contributed by atoms with Crippen LogP contribution >= 0.6 is 11.6 Å². The third-order valence-corrected chi connectivity index (χ3v) is 2.71. The first kappa shape index (κ1) is 14.3. The number of benzene rings is 1. The van der Waals surface area contributed by atoms with Crippen molar-refractivity contribution in [3.63, 3.8) is 0 Å². The van der Waals surface area contributed by atoms with Crippen molar-refractivity contribution in [2.45, 2.75) is 0 Å². The van der Waals surface area contributed by atoms with Gasteiger partial charge in [0.05, 0.1) is 13.2 Å². The lowest BCUT2D eigenvalue weighted by Gasteiger charge is -2.23. The van der Waals surface area contributed by atoms with Gasteiger partial charge in [0.2, 0.25) is 0 Å². The predicted octanol–water partition coefficient (Wildman–Crippen LogP) is -3.10. The molecular formula is C11H14Cl2N2O2. The van der Waals surface area contributed by atoms with Gasteiger partial charge in [0.1, 0.15) is 13.1 Å². The molecule has 2 rings (SSSR count). The molecule has 1 aliphatic rings. The highest BCUT2D eigenvalue weighted by Crippen LogP contribution is 2.09. The lowest BCUT2D eigenvalue weighted by molar-refractivity contribution is -0.942. The molecule has 0 aromatic heterocycles. The highest BCUT2D eigenvalue weighted by Gasteiger charge is 2.17. The molecule has 1 heterocycles. The molecule has 0 radical (unpaired) electrons. The van der Waals surface area contributed by atoms with Gasteiger partial charge in [-0.1, -0.05) is 17.7 Å². The summed E-state index contributed by atoms with van der Waals surface area (Å²) in [5.74, 6) is -0.0978. The molecule has 1 saturated heterocycles. The van der Waals surface area contributed by atoms with Crippen LogP contribution in [0, 0.1) is 0 Å². The first-order valence-electron chi connectivity index (χ1n) is 5.25. The molecule has 6 heteroatoms. The first-order valence-corrected chi connectivity index (χ1v) is 5.63. The molecule has 0 saturated carbocycles. The van der Waals surface area contributed by atoms with E-state index in [0.29, 0.717) is 23.8 Å². The van der Waals surface area contributed by atoms with Crippen LogP contribution in [0.1, 0.15) is 10.4 Å². The van der Waals surface area contributed by atoms with Crippen LogP contribution in [0.5, 0.6) is 0 Å². The minimum atomic E-state index is -0.0978. The van der Waals surface area contributed by atoms with Crippen molar-refractivity contribution in [3.05, 3.63) is 34.9 Å². The molecule has 94 valence electrons. The fraction of sp³-hybridized carbons (Fsp3) is 0.364. The number of ether oxygens (including phenoxy) is 1.